The summed E-state index contributed by atoms with van der Waals surface area (Å²) < 4.78 is 0. The second kappa shape index (κ2) is 7.33. The Balaban J connectivity index is 2.59. The zero-order valence-corrected chi connectivity index (χ0v) is 12.9. The van der Waals surface area contributed by atoms with Crippen LogP contribution in [0.25, 0.3) is 0 Å². The van der Waals surface area contributed by atoms with Crippen molar-refractivity contribution in [1.29, 1.82) is 0 Å². The number of rotatable bonds is 7. The summed E-state index contributed by atoms with van der Waals surface area (Å²) in [6.45, 7) is 5.43. The van der Waals surface area contributed by atoms with Crippen LogP contribution in [-0.4, -0.2) is 28.3 Å². The first-order valence-corrected chi connectivity index (χ1v) is 7.60. The number of amides is 1. The molecule has 5 heteroatoms. The van der Waals surface area contributed by atoms with E-state index in [2.05, 4.69) is 5.32 Å². The van der Waals surface area contributed by atoms with Gasteiger partial charge in [-0.2, -0.15) is 0 Å². The smallest absolute Gasteiger partial charge is 0.329 e. The van der Waals surface area contributed by atoms with Gasteiger partial charge in [0.1, 0.15) is 5.54 Å². The first-order chi connectivity index (χ1) is 9.39. The van der Waals surface area contributed by atoms with Gasteiger partial charge in [-0.1, -0.05) is 31.5 Å². The number of hydrogen-bond acceptors (Lipinski definition) is 3. The molecule has 1 rings (SSSR count). The van der Waals surface area contributed by atoms with Gasteiger partial charge in [-0.3, -0.25) is 4.79 Å². The van der Waals surface area contributed by atoms with E-state index < -0.39 is 11.5 Å². The zero-order valence-electron chi connectivity index (χ0n) is 12.1. The van der Waals surface area contributed by atoms with Gasteiger partial charge in [-0.25, -0.2) is 4.79 Å². The molecule has 20 heavy (non-hydrogen) atoms. The van der Waals surface area contributed by atoms with Crippen molar-refractivity contribution in [3.05, 3.63) is 29.8 Å². The highest BCUT2D eigenvalue weighted by atomic mass is 32.2. The van der Waals surface area contributed by atoms with E-state index in [1.165, 1.54) is 11.8 Å². The van der Waals surface area contributed by atoms with E-state index >= 15 is 0 Å². The first-order valence-electron chi connectivity index (χ1n) is 6.62. The van der Waals surface area contributed by atoms with Gasteiger partial charge in [0.25, 0.3) is 0 Å². The van der Waals surface area contributed by atoms with Gasteiger partial charge in [-0.15, -0.1) is 11.8 Å². The Bertz CT molecular complexity index is 490. The Morgan fingerprint density at radius 1 is 1.35 bits per heavy atom. The fourth-order valence-electron chi connectivity index (χ4n) is 1.93. The van der Waals surface area contributed by atoms with Crippen LogP contribution in [-0.2, 0) is 9.59 Å². The summed E-state index contributed by atoms with van der Waals surface area (Å²) in [5.74, 6) is -1.03. The predicted molar refractivity (Wildman–Crippen MR) is 81.0 cm³/mol. The number of carboxylic acids is 1. The molecule has 1 atom stereocenters. The lowest BCUT2D eigenvalue weighted by molar-refractivity contribution is -0.146. The zero-order chi connectivity index (χ0) is 15.2. The molecule has 0 aliphatic rings. The highest BCUT2D eigenvalue weighted by Gasteiger charge is 2.33. The van der Waals surface area contributed by atoms with Crippen molar-refractivity contribution < 1.29 is 14.7 Å². The largest absolute Gasteiger partial charge is 0.480 e. The number of benzene rings is 1. The maximum atomic E-state index is 11.9. The van der Waals surface area contributed by atoms with E-state index in [0.29, 0.717) is 12.8 Å². The van der Waals surface area contributed by atoms with Crippen LogP contribution in [0.3, 0.4) is 0 Å². The lowest BCUT2D eigenvalue weighted by atomic mass is 9.96. The lowest BCUT2D eigenvalue weighted by Gasteiger charge is -2.25. The minimum absolute atomic E-state index is 0.220. The van der Waals surface area contributed by atoms with E-state index in [4.69, 9.17) is 0 Å². The van der Waals surface area contributed by atoms with E-state index in [0.717, 1.165) is 10.5 Å². The van der Waals surface area contributed by atoms with Gasteiger partial charge in [0.2, 0.25) is 5.91 Å². The van der Waals surface area contributed by atoms with Crippen molar-refractivity contribution in [2.45, 2.75) is 44.0 Å². The average molecular weight is 295 g/mol. The van der Waals surface area contributed by atoms with Gasteiger partial charge < -0.3 is 10.4 Å². The van der Waals surface area contributed by atoms with E-state index in [9.17, 15) is 14.7 Å². The quantitative estimate of drug-likeness (QED) is 0.759. The Labute approximate surface area is 124 Å². The maximum Gasteiger partial charge on any atom is 0.329 e. The van der Waals surface area contributed by atoms with Crippen LogP contribution in [0.5, 0.6) is 0 Å². The third-order valence-corrected chi connectivity index (χ3v) is 4.27. The highest BCUT2D eigenvalue weighted by molar-refractivity contribution is 8.00. The van der Waals surface area contributed by atoms with Gasteiger partial charge in [0.05, 0.1) is 5.75 Å². The Morgan fingerprint density at radius 3 is 2.55 bits per heavy atom. The van der Waals surface area contributed by atoms with Crippen molar-refractivity contribution in [3.8, 4) is 0 Å². The van der Waals surface area contributed by atoms with Gasteiger partial charge >= 0.3 is 5.97 Å². The van der Waals surface area contributed by atoms with Gasteiger partial charge in [0.15, 0.2) is 0 Å². The van der Waals surface area contributed by atoms with E-state index in [1.807, 2.05) is 38.1 Å². The molecule has 2 N–H and O–H groups in total. The van der Waals surface area contributed by atoms with Crippen molar-refractivity contribution >= 4 is 23.6 Å². The molecule has 0 fully saturated rings. The molecule has 1 aromatic rings. The van der Waals surface area contributed by atoms with Gasteiger partial charge in [0, 0.05) is 4.90 Å². The Morgan fingerprint density at radius 2 is 2.00 bits per heavy atom. The predicted octanol–water partition coefficient (Wildman–Crippen LogP) is 2.85. The van der Waals surface area contributed by atoms with Crippen molar-refractivity contribution in [1.82, 2.24) is 5.32 Å². The summed E-state index contributed by atoms with van der Waals surface area (Å²) in [7, 11) is 0. The SMILES string of the molecule is CCCC(C)(NC(=O)CSc1ccccc1C)C(=O)O. The number of carbonyl (C=O) groups excluding carboxylic acids is 1. The maximum absolute atomic E-state index is 11.9. The fourth-order valence-corrected chi connectivity index (χ4v) is 2.76. The summed E-state index contributed by atoms with van der Waals surface area (Å²) in [5.41, 5.74) is -0.0714. The second-order valence-corrected chi connectivity index (χ2v) is 6.01. The third-order valence-electron chi connectivity index (χ3n) is 3.09. The molecule has 1 amide bonds. The van der Waals surface area contributed by atoms with Crippen LogP contribution in [0.4, 0.5) is 0 Å². The monoisotopic (exact) mass is 295 g/mol. The lowest BCUT2D eigenvalue weighted by Crippen LogP contribution is -2.52. The molecular weight excluding hydrogens is 274 g/mol. The molecule has 0 saturated heterocycles. The van der Waals surface area contributed by atoms with Gasteiger partial charge in [-0.05, 0) is 31.9 Å². The summed E-state index contributed by atoms with van der Waals surface area (Å²) in [5, 5.41) is 11.8. The summed E-state index contributed by atoms with van der Waals surface area (Å²) in [6, 6.07) is 7.81. The molecule has 0 aliphatic carbocycles. The highest BCUT2D eigenvalue weighted by Crippen LogP contribution is 2.22. The van der Waals surface area contributed by atoms with Crippen LogP contribution in [0.1, 0.15) is 32.3 Å². The minimum Gasteiger partial charge on any atom is -0.480 e. The Hall–Kier alpha value is -1.49. The van der Waals surface area contributed by atoms with Crippen LogP contribution < -0.4 is 5.32 Å². The molecule has 1 unspecified atom stereocenters. The summed E-state index contributed by atoms with van der Waals surface area (Å²) in [4.78, 5) is 24.2. The molecule has 110 valence electrons. The molecule has 0 aliphatic heterocycles. The number of aryl methyl sites for hydroxylation is 1. The topological polar surface area (TPSA) is 66.4 Å². The number of carbonyl (C=O) groups is 2. The van der Waals surface area contributed by atoms with E-state index in [-0.39, 0.29) is 11.7 Å². The normalized spacial score (nSPS) is 13.6. The molecular formula is C15H21NO3S. The standard InChI is InChI=1S/C15H21NO3S/c1-4-9-15(3,14(18)19)16-13(17)10-20-12-8-6-5-7-11(12)2/h5-8H,4,9-10H2,1-3H3,(H,16,17)(H,18,19). The van der Waals surface area contributed by atoms with Crippen molar-refractivity contribution in [2.75, 3.05) is 5.75 Å². The van der Waals surface area contributed by atoms with Crippen molar-refractivity contribution in [3.63, 3.8) is 0 Å². The van der Waals surface area contributed by atoms with E-state index in [1.54, 1.807) is 6.92 Å². The molecule has 0 saturated carbocycles. The third kappa shape index (κ3) is 4.56. The van der Waals surface area contributed by atoms with Crippen LogP contribution in [0.2, 0.25) is 0 Å². The summed E-state index contributed by atoms with van der Waals surface area (Å²) in [6.07, 6.45) is 1.12. The molecule has 4 nitrogen and oxygen atoms in total. The second-order valence-electron chi connectivity index (χ2n) is 4.99. The minimum atomic E-state index is -1.18. The number of hydrogen-bond donors (Lipinski definition) is 2. The first kappa shape index (κ1) is 16.6. The van der Waals surface area contributed by atoms with Crippen LogP contribution >= 0.6 is 11.8 Å². The number of carboxylic acid groups (broad SMARTS) is 1. The van der Waals surface area contributed by atoms with Crippen molar-refractivity contribution in [2.24, 2.45) is 0 Å². The van der Waals surface area contributed by atoms with Crippen LogP contribution in [0, 0.1) is 6.92 Å². The summed E-state index contributed by atoms with van der Waals surface area (Å²) >= 11 is 1.42. The molecule has 0 aromatic heterocycles. The number of nitrogens with one attached hydrogen (secondary N) is 1. The molecule has 0 radical (unpaired) electrons. The molecule has 0 spiro atoms. The number of thioether (sulfide) groups is 1. The fraction of sp³-hybridized carbons (Fsp3) is 0.467. The molecule has 1 aromatic carbocycles. The number of aliphatic carboxylic acids is 1. The molecule has 0 heterocycles. The van der Waals surface area contributed by atoms with Crippen LogP contribution in [0.15, 0.2) is 29.2 Å². The average Bonchev–Trinajstić information content (AvgIpc) is 2.38. The Kier molecular flexibility index (Phi) is 6.07. The molecule has 0 bridgehead atoms.